The molecule has 0 spiro atoms. The van der Waals surface area contributed by atoms with E-state index in [4.69, 9.17) is 10.2 Å². The van der Waals surface area contributed by atoms with Gasteiger partial charge in [-0.05, 0) is 6.92 Å². The van der Waals surface area contributed by atoms with Crippen molar-refractivity contribution in [3.8, 4) is 0 Å². The van der Waals surface area contributed by atoms with E-state index in [0.717, 1.165) is 0 Å². The lowest BCUT2D eigenvalue weighted by Crippen LogP contribution is -2.27. The summed E-state index contributed by atoms with van der Waals surface area (Å²) in [6.07, 6.45) is 1.75. The molecular formula is C8H14O5. The van der Waals surface area contributed by atoms with Crippen LogP contribution in [0.15, 0.2) is 12.7 Å². The third-order valence-electron chi connectivity index (χ3n) is 0.930. The number of carboxylic acids is 2. The Balaban J connectivity index is 0. The van der Waals surface area contributed by atoms with Crippen LogP contribution in [0.1, 0.15) is 6.92 Å². The van der Waals surface area contributed by atoms with Gasteiger partial charge in [0, 0.05) is 7.11 Å². The zero-order valence-electron chi connectivity index (χ0n) is 7.69. The van der Waals surface area contributed by atoms with Crippen LogP contribution < -0.4 is 0 Å². The van der Waals surface area contributed by atoms with E-state index in [1.165, 1.54) is 7.11 Å². The highest BCUT2D eigenvalue weighted by Crippen LogP contribution is 1.96. The molecule has 5 nitrogen and oxygen atoms in total. The maximum Gasteiger partial charge on any atom is 0.320 e. The zero-order valence-corrected chi connectivity index (χ0v) is 7.69. The van der Waals surface area contributed by atoms with Crippen LogP contribution in [0.25, 0.3) is 0 Å². The molecule has 2 N–H and O–H groups in total. The average Bonchev–Trinajstić information content (AvgIpc) is 2.00. The summed E-state index contributed by atoms with van der Waals surface area (Å²) in [7, 11) is 1.25. The summed E-state index contributed by atoms with van der Waals surface area (Å²) >= 11 is 0. The second kappa shape index (κ2) is 8.73. The molecule has 0 amide bonds. The van der Waals surface area contributed by atoms with Crippen molar-refractivity contribution >= 4 is 11.9 Å². The van der Waals surface area contributed by atoms with Gasteiger partial charge in [-0.15, -0.1) is 6.58 Å². The van der Waals surface area contributed by atoms with Gasteiger partial charge in [-0.1, -0.05) is 6.08 Å². The van der Waals surface area contributed by atoms with Crippen LogP contribution in [0.3, 0.4) is 0 Å². The molecule has 0 fully saturated rings. The molecule has 0 aromatic rings. The Labute approximate surface area is 76.6 Å². The Hall–Kier alpha value is -1.36. The monoisotopic (exact) mass is 190 g/mol. The Morgan fingerprint density at radius 2 is 1.77 bits per heavy atom. The van der Waals surface area contributed by atoms with Gasteiger partial charge in [0.1, 0.15) is 0 Å². The minimum atomic E-state index is -1.45. The number of hydrogen-bond acceptors (Lipinski definition) is 3. The Bertz CT molecular complexity index is 161. The number of rotatable bonds is 4. The standard InChI is InChI=1S/C5H8O5.C3H6/c1-10-2-3(4(6)7)5(8)9;1-3-2/h3H,2H2,1H3,(H,6,7)(H,8,9);3H,1H2,2H3. The van der Waals surface area contributed by atoms with Gasteiger partial charge in [-0.2, -0.15) is 0 Å². The fourth-order valence-electron chi connectivity index (χ4n) is 0.415. The quantitative estimate of drug-likeness (QED) is 0.501. The molecule has 0 aromatic carbocycles. The van der Waals surface area contributed by atoms with E-state index in [9.17, 15) is 9.59 Å². The first-order valence-corrected chi connectivity index (χ1v) is 3.52. The van der Waals surface area contributed by atoms with E-state index in [1.807, 2.05) is 6.92 Å². The summed E-state index contributed by atoms with van der Waals surface area (Å²) in [6.45, 7) is 4.95. The van der Waals surface area contributed by atoms with Crippen molar-refractivity contribution in [3.63, 3.8) is 0 Å². The Morgan fingerprint density at radius 3 is 1.85 bits per heavy atom. The summed E-state index contributed by atoms with van der Waals surface area (Å²) in [5.74, 6) is -4.21. The van der Waals surface area contributed by atoms with Crippen LogP contribution in [-0.4, -0.2) is 35.9 Å². The van der Waals surface area contributed by atoms with Gasteiger partial charge >= 0.3 is 11.9 Å². The predicted molar refractivity (Wildman–Crippen MR) is 46.5 cm³/mol. The highest BCUT2D eigenvalue weighted by molar-refractivity contribution is 5.92. The molecule has 0 radical (unpaired) electrons. The van der Waals surface area contributed by atoms with Crippen molar-refractivity contribution in [2.75, 3.05) is 13.7 Å². The molecule has 0 unspecified atom stereocenters. The third-order valence-corrected chi connectivity index (χ3v) is 0.930. The molecule has 0 aliphatic rings. The van der Waals surface area contributed by atoms with Crippen molar-refractivity contribution in [2.24, 2.45) is 5.92 Å². The molecule has 0 saturated carbocycles. The summed E-state index contributed by atoms with van der Waals surface area (Å²) < 4.78 is 4.36. The van der Waals surface area contributed by atoms with Crippen molar-refractivity contribution in [2.45, 2.75) is 6.92 Å². The van der Waals surface area contributed by atoms with E-state index >= 15 is 0 Å². The maximum absolute atomic E-state index is 10.1. The van der Waals surface area contributed by atoms with E-state index in [-0.39, 0.29) is 6.61 Å². The molecule has 0 atom stereocenters. The number of carbonyl (C=O) groups is 2. The Morgan fingerprint density at radius 1 is 1.46 bits per heavy atom. The lowest BCUT2D eigenvalue weighted by molar-refractivity contribution is -0.156. The highest BCUT2D eigenvalue weighted by atomic mass is 16.5. The SMILES string of the molecule is C=CC.COCC(C(=O)O)C(=O)O. The number of carboxylic acid groups (broad SMARTS) is 2. The molecule has 0 rings (SSSR count). The lowest BCUT2D eigenvalue weighted by atomic mass is 10.2. The first-order valence-electron chi connectivity index (χ1n) is 3.52. The van der Waals surface area contributed by atoms with Gasteiger partial charge in [0.2, 0.25) is 0 Å². The second-order valence-electron chi connectivity index (χ2n) is 2.09. The summed E-state index contributed by atoms with van der Waals surface area (Å²) in [4.78, 5) is 20.1. The molecule has 0 aliphatic heterocycles. The van der Waals surface area contributed by atoms with Crippen molar-refractivity contribution in [1.82, 2.24) is 0 Å². The fraction of sp³-hybridized carbons (Fsp3) is 0.500. The minimum Gasteiger partial charge on any atom is -0.481 e. The number of allylic oxidation sites excluding steroid dienone is 1. The predicted octanol–water partition coefficient (Wildman–Crippen LogP) is 0.610. The van der Waals surface area contributed by atoms with Gasteiger partial charge in [-0.3, -0.25) is 9.59 Å². The fourth-order valence-corrected chi connectivity index (χ4v) is 0.415. The second-order valence-corrected chi connectivity index (χ2v) is 2.09. The molecule has 0 aliphatic carbocycles. The van der Waals surface area contributed by atoms with E-state index in [1.54, 1.807) is 6.08 Å². The molecule has 0 bridgehead atoms. The number of aliphatic carboxylic acids is 2. The van der Waals surface area contributed by atoms with Gasteiger partial charge in [0.25, 0.3) is 0 Å². The van der Waals surface area contributed by atoms with Gasteiger partial charge < -0.3 is 14.9 Å². The van der Waals surface area contributed by atoms with Crippen LogP contribution in [-0.2, 0) is 14.3 Å². The minimum absolute atomic E-state index is 0.301. The van der Waals surface area contributed by atoms with Gasteiger partial charge in [-0.25, -0.2) is 0 Å². The normalized spacial score (nSPS) is 8.54. The lowest BCUT2D eigenvalue weighted by Gasteiger charge is -2.03. The largest absolute Gasteiger partial charge is 0.481 e. The van der Waals surface area contributed by atoms with Crippen LogP contribution >= 0.6 is 0 Å². The molecule has 0 aromatic heterocycles. The van der Waals surface area contributed by atoms with Crippen LogP contribution in [0.4, 0.5) is 0 Å². The average molecular weight is 190 g/mol. The smallest absolute Gasteiger partial charge is 0.320 e. The topological polar surface area (TPSA) is 83.8 Å². The summed E-state index contributed by atoms with van der Waals surface area (Å²) in [6, 6.07) is 0. The first-order chi connectivity index (χ1) is 6.01. The van der Waals surface area contributed by atoms with Gasteiger partial charge in [0.05, 0.1) is 6.61 Å². The van der Waals surface area contributed by atoms with Gasteiger partial charge in [0.15, 0.2) is 5.92 Å². The number of hydrogen-bond donors (Lipinski definition) is 2. The molecule has 76 valence electrons. The van der Waals surface area contributed by atoms with E-state index in [0.29, 0.717) is 0 Å². The molecule has 5 heteroatoms. The van der Waals surface area contributed by atoms with Crippen molar-refractivity contribution in [3.05, 3.63) is 12.7 Å². The first kappa shape index (κ1) is 14.2. The van der Waals surface area contributed by atoms with Crippen molar-refractivity contribution in [1.29, 1.82) is 0 Å². The highest BCUT2D eigenvalue weighted by Gasteiger charge is 2.24. The van der Waals surface area contributed by atoms with Crippen LogP contribution in [0.5, 0.6) is 0 Å². The zero-order chi connectivity index (χ0) is 10.9. The van der Waals surface area contributed by atoms with Crippen LogP contribution in [0.2, 0.25) is 0 Å². The summed E-state index contributed by atoms with van der Waals surface area (Å²) in [5.41, 5.74) is 0. The third kappa shape index (κ3) is 8.55. The number of ether oxygens (including phenoxy) is 1. The van der Waals surface area contributed by atoms with Crippen molar-refractivity contribution < 1.29 is 24.5 Å². The maximum atomic E-state index is 10.1. The van der Waals surface area contributed by atoms with E-state index < -0.39 is 17.9 Å². The molecular weight excluding hydrogens is 176 g/mol. The molecule has 0 heterocycles. The van der Waals surface area contributed by atoms with Crippen LogP contribution in [0, 0.1) is 5.92 Å². The summed E-state index contributed by atoms with van der Waals surface area (Å²) in [5, 5.41) is 16.4. The number of methoxy groups -OCH3 is 1. The van der Waals surface area contributed by atoms with E-state index in [2.05, 4.69) is 11.3 Å². The molecule has 13 heavy (non-hydrogen) atoms. The Kier molecular flexibility index (Phi) is 9.53. The molecule has 0 saturated heterocycles.